The van der Waals surface area contributed by atoms with E-state index in [0.717, 1.165) is 5.56 Å². The second-order valence-corrected chi connectivity index (χ2v) is 5.25. The molecule has 0 saturated carbocycles. The Hall–Kier alpha value is -2.89. The van der Waals surface area contributed by atoms with Crippen LogP contribution in [-0.4, -0.2) is 30.4 Å². The molecule has 2 rings (SSSR count). The van der Waals surface area contributed by atoms with Gasteiger partial charge in [-0.15, -0.1) is 0 Å². The van der Waals surface area contributed by atoms with Gasteiger partial charge in [-0.3, -0.25) is 9.59 Å². The van der Waals surface area contributed by atoms with Crippen LogP contribution in [0.25, 0.3) is 0 Å². The maximum atomic E-state index is 12.9. The molecule has 1 N–H and O–H groups in total. The molecule has 5 nitrogen and oxygen atoms in total. The number of rotatable bonds is 6. The maximum absolute atomic E-state index is 12.9. The number of hydrogen-bond acceptors (Lipinski definition) is 3. The first-order valence-corrected chi connectivity index (χ1v) is 7.42. The van der Waals surface area contributed by atoms with Crippen molar-refractivity contribution in [2.45, 2.75) is 13.5 Å². The highest BCUT2D eigenvalue weighted by Gasteiger charge is 2.15. The van der Waals surface area contributed by atoms with E-state index >= 15 is 0 Å². The second-order valence-electron chi connectivity index (χ2n) is 5.25. The number of anilines is 1. The Morgan fingerprint density at radius 3 is 2.42 bits per heavy atom. The predicted molar refractivity (Wildman–Crippen MR) is 89.1 cm³/mol. The fraction of sp³-hybridized carbons (Fsp3) is 0.222. The standard InChI is InChI=1S/C18H19FN2O3/c1-13(22)21(11-14-7-9-15(19)10-8-14)12-18(23)20-16-5-3-4-6-17(16)24-2/h3-10H,11-12H2,1-2H3,(H,20,23). The fourth-order valence-electron chi connectivity index (χ4n) is 2.20. The largest absolute Gasteiger partial charge is 0.495 e. The molecule has 2 aromatic carbocycles. The normalized spacial score (nSPS) is 10.1. The lowest BCUT2D eigenvalue weighted by Crippen LogP contribution is -2.36. The van der Waals surface area contributed by atoms with Crippen molar-refractivity contribution in [1.29, 1.82) is 0 Å². The molecule has 0 bridgehead atoms. The number of nitrogens with zero attached hydrogens (tertiary/aromatic N) is 1. The first kappa shape index (κ1) is 17.5. The zero-order valence-electron chi connectivity index (χ0n) is 13.6. The van der Waals surface area contributed by atoms with Crippen LogP contribution in [0.4, 0.5) is 10.1 Å². The van der Waals surface area contributed by atoms with E-state index in [4.69, 9.17) is 4.74 Å². The van der Waals surface area contributed by atoms with E-state index < -0.39 is 0 Å². The van der Waals surface area contributed by atoms with Crippen molar-refractivity contribution in [2.75, 3.05) is 19.0 Å². The molecule has 2 amide bonds. The Bertz CT molecular complexity index is 716. The van der Waals surface area contributed by atoms with Crippen LogP contribution in [0, 0.1) is 5.82 Å². The van der Waals surface area contributed by atoms with E-state index in [1.165, 1.54) is 31.1 Å². The molecule has 0 aliphatic carbocycles. The highest BCUT2D eigenvalue weighted by Crippen LogP contribution is 2.22. The molecule has 0 unspecified atom stereocenters. The van der Waals surface area contributed by atoms with Crippen LogP contribution in [0.3, 0.4) is 0 Å². The Labute approximate surface area is 140 Å². The van der Waals surface area contributed by atoms with Gasteiger partial charge in [-0.05, 0) is 29.8 Å². The molecule has 6 heteroatoms. The minimum Gasteiger partial charge on any atom is -0.495 e. The van der Waals surface area contributed by atoms with Gasteiger partial charge in [-0.1, -0.05) is 24.3 Å². The predicted octanol–water partition coefficient (Wildman–Crippen LogP) is 2.82. The van der Waals surface area contributed by atoms with Crippen LogP contribution >= 0.6 is 0 Å². The molecule has 0 aromatic heterocycles. The van der Waals surface area contributed by atoms with Crippen molar-refractivity contribution >= 4 is 17.5 Å². The van der Waals surface area contributed by atoms with Gasteiger partial charge in [0.15, 0.2) is 0 Å². The molecule has 0 aliphatic heterocycles. The van der Waals surface area contributed by atoms with Crippen LogP contribution in [0.1, 0.15) is 12.5 Å². The number of halogens is 1. The van der Waals surface area contributed by atoms with Crippen molar-refractivity contribution in [3.05, 3.63) is 59.9 Å². The monoisotopic (exact) mass is 330 g/mol. The first-order valence-electron chi connectivity index (χ1n) is 7.42. The SMILES string of the molecule is COc1ccccc1NC(=O)CN(Cc1ccc(F)cc1)C(C)=O. The Morgan fingerprint density at radius 2 is 1.79 bits per heavy atom. The zero-order chi connectivity index (χ0) is 17.5. The molecule has 0 radical (unpaired) electrons. The number of carbonyl (C=O) groups is 2. The van der Waals surface area contributed by atoms with Gasteiger partial charge >= 0.3 is 0 Å². The number of amides is 2. The summed E-state index contributed by atoms with van der Waals surface area (Å²) < 4.78 is 18.1. The molecule has 0 spiro atoms. The molecule has 2 aromatic rings. The van der Waals surface area contributed by atoms with Gasteiger partial charge in [-0.2, -0.15) is 0 Å². The number of ether oxygens (including phenoxy) is 1. The third-order valence-corrected chi connectivity index (χ3v) is 3.45. The van der Waals surface area contributed by atoms with Crippen molar-refractivity contribution in [3.63, 3.8) is 0 Å². The van der Waals surface area contributed by atoms with Gasteiger partial charge in [0.2, 0.25) is 11.8 Å². The topological polar surface area (TPSA) is 58.6 Å². The van der Waals surface area contributed by atoms with E-state index in [0.29, 0.717) is 11.4 Å². The van der Waals surface area contributed by atoms with E-state index in [9.17, 15) is 14.0 Å². The lowest BCUT2D eigenvalue weighted by molar-refractivity contribution is -0.133. The summed E-state index contributed by atoms with van der Waals surface area (Å²) in [6.45, 7) is 1.51. The van der Waals surface area contributed by atoms with Crippen LogP contribution < -0.4 is 10.1 Å². The minimum absolute atomic E-state index is 0.106. The molecule has 0 heterocycles. The third kappa shape index (κ3) is 4.81. The second kappa shape index (κ2) is 8.10. The van der Waals surface area contributed by atoms with Gasteiger partial charge in [0, 0.05) is 13.5 Å². The molecule has 0 saturated heterocycles. The quantitative estimate of drug-likeness (QED) is 0.886. The number of methoxy groups -OCH3 is 1. The summed E-state index contributed by atoms with van der Waals surface area (Å²) in [5, 5.41) is 2.72. The Balaban J connectivity index is 2.03. The van der Waals surface area contributed by atoms with Crippen LogP contribution in [-0.2, 0) is 16.1 Å². The lowest BCUT2D eigenvalue weighted by Gasteiger charge is -2.21. The number of benzene rings is 2. The van der Waals surface area contributed by atoms with Gasteiger partial charge < -0.3 is 15.0 Å². The Morgan fingerprint density at radius 1 is 1.12 bits per heavy atom. The molecule has 126 valence electrons. The van der Waals surface area contributed by atoms with Crippen molar-refractivity contribution < 1.29 is 18.7 Å². The molecule has 24 heavy (non-hydrogen) atoms. The van der Waals surface area contributed by atoms with E-state index in [1.54, 1.807) is 36.4 Å². The van der Waals surface area contributed by atoms with Crippen LogP contribution in [0.15, 0.2) is 48.5 Å². The molecule has 0 atom stereocenters. The molecule has 0 fully saturated rings. The minimum atomic E-state index is -0.345. The average molecular weight is 330 g/mol. The smallest absolute Gasteiger partial charge is 0.244 e. The van der Waals surface area contributed by atoms with Crippen molar-refractivity contribution in [2.24, 2.45) is 0 Å². The Kier molecular flexibility index (Phi) is 5.89. The third-order valence-electron chi connectivity index (χ3n) is 3.45. The van der Waals surface area contributed by atoms with Gasteiger partial charge in [0.1, 0.15) is 18.1 Å². The zero-order valence-corrected chi connectivity index (χ0v) is 13.6. The summed E-state index contributed by atoms with van der Waals surface area (Å²) in [6.07, 6.45) is 0. The number of para-hydroxylation sites is 2. The van der Waals surface area contributed by atoms with Gasteiger partial charge in [0.05, 0.1) is 12.8 Å². The molecular weight excluding hydrogens is 311 g/mol. The van der Waals surface area contributed by atoms with Gasteiger partial charge in [-0.25, -0.2) is 4.39 Å². The van der Waals surface area contributed by atoms with E-state index in [-0.39, 0.29) is 30.7 Å². The first-order chi connectivity index (χ1) is 11.5. The van der Waals surface area contributed by atoms with Crippen molar-refractivity contribution in [1.82, 2.24) is 4.90 Å². The van der Waals surface area contributed by atoms with Crippen LogP contribution in [0.5, 0.6) is 5.75 Å². The number of carbonyl (C=O) groups excluding carboxylic acids is 2. The summed E-state index contributed by atoms with van der Waals surface area (Å²) in [4.78, 5) is 25.4. The highest BCUT2D eigenvalue weighted by atomic mass is 19.1. The number of hydrogen-bond donors (Lipinski definition) is 1. The highest BCUT2D eigenvalue weighted by molar-refractivity contribution is 5.95. The summed E-state index contributed by atoms with van der Waals surface area (Å²) in [5.41, 5.74) is 1.28. The molecular formula is C18H19FN2O3. The van der Waals surface area contributed by atoms with Gasteiger partial charge in [0.25, 0.3) is 0 Å². The fourth-order valence-corrected chi connectivity index (χ4v) is 2.20. The average Bonchev–Trinajstić information content (AvgIpc) is 2.56. The van der Waals surface area contributed by atoms with Crippen molar-refractivity contribution in [3.8, 4) is 5.75 Å². The molecule has 0 aliphatic rings. The summed E-state index contributed by atoms with van der Waals surface area (Å²) in [5.74, 6) is -0.382. The maximum Gasteiger partial charge on any atom is 0.244 e. The van der Waals surface area contributed by atoms with Crippen LogP contribution in [0.2, 0.25) is 0 Å². The summed E-state index contributed by atoms with van der Waals surface area (Å²) in [7, 11) is 1.52. The van der Waals surface area contributed by atoms with E-state index in [1.807, 2.05) is 0 Å². The van der Waals surface area contributed by atoms with E-state index in [2.05, 4.69) is 5.32 Å². The summed E-state index contributed by atoms with van der Waals surface area (Å²) in [6, 6.07) is 12.8. The summed E-state index contributed by atoms with van der Waals surface area (Å²) >= 11 is 0. The lowest BCUT2D eigenvalue weighted by atomic mass is 10.2. The number of nitrogens with one attached hydrogen (secondary N) is 1.